The summed E-state index contributed by atoms with van der Waals surface area (Å²) >= 11 is 5.75. The third kappa shape index (κ3) is 4.25. The van der Waals surface area contributed by atoms with Crippen LogP contribution in [0.5, 0.6) is 0 Å². The van der Waals surface area contributed by atoms with Crippen LogP contribution in [-0.2, 0) is 6.54 Å². The highest BCUT2D eigenvalue weighted by Crippen LogP contribution is 2.24. The molecule has 1 N–H and O–H groups in total. The van der Waals surface area contributed by atoms with Crippen molar-refractivity contribution in [1.29, 1.82) is 0 Å². The Morgan fingerprint density at radius 1 is 1.50 bits per heavy atom. The van der Waals surface area contributed by atoms with Crippen LogP contribution >= 0.6 is 11.6 Å². The lowest BCUT2D eigenvalue weighted by molar-refractivity contribution is -0.384. The molecular formula is C12H18ClN3O2. The van der Waals surface area contributed by atoms with E-state index in [0.717, 1.165) is 12.1 Å². The first-order valence-electron chi connectivity index (χ1n) is 5.71. The molecule has 0 fully saturated rings. The standard InChI is InChI=1S/C12H18ClN3O2/c1-9(15(2)3)7-14-8-10-4-5-11(13)12(6-10)16(17)18/h4-6,9,14H,7-8H2,1-3H3. The number of nitrogens with one attached hydrogen (secondary N) is 1. The SMILES string of the molecule is CC(CNCc1ccc(Cl)c([N+](=O)[O-])c1)N(C)C. The second-order valence-electron chi connectivity index (χ2n) is 4.49. The fourth-order valence-electron chi connectivity index (χ4n) is 1.42. The molecule has 0 spiro atoms. The number of nitro benzene ring substituents is 1. The predicted molar refractivity (Wildman–Crippen MR) is 73.0 cm³/mol. The van der Waals surface area contributed by atoms with E-state index in [2.05, 4.69) is 17.1 Å². The van der Waals surface area contributed by atoms with Gasteiger partial charge in [-0.25, -0.2) is 0 Å². The molecule has 1 atom stereocenters. The Labute approximate surface area is 112 Å². The topological polar surface area (TPSA) is 58.4 Å². The maximum absolute atomic E-state index is 10.7. The highest BCUT2D eigenvalue weighted by atomic mass is 35.5. The first-order valence-corrected chi connectivity index (χ1v) is 6.09. The minimum absolute atomic E-state index is 0.0448. The third-order valence-electron chi connectivity index (χ3n) is 2.86. The molecule has 0 heterocycles. The van der Waals surface area contributed by atoms with Crippen molar-refractivity contribution in [3.63, 3.8) is 0 Å². The van der Waals surface area contributed by atoms with Gasteiger partial charge in [0, 0.05) is 25.2 Å². The van der Waals surface area contributed by atoms with Crippen LogP contribution in [0.25, 0.3) is 0 Å². The molecule has 1 rings (SSSR count). The fourth-order valence-corrected chi connectivity index (χ4v) is 1.60. The average molecular weight is 272 g/mol. The molecular weight excluding hydrogens is 254 g/mol. The maximum Gasteiger partial charge on any atom is 0.288 e. The smallest absolute Gasteiger partial charge is 0.288 e. The van der Waals surface area contributed by atoms with Crippen LogP contribution < -0.4 is 5.32 Å². The van der Waals surface area contributed by atoms with Crippen LogP contribution in [0, 0.1) is 10.1 Å². The summed E-state index contributed by atoms with van der Waals surface area (Å²) in [7, 11) is 4.03. The molecule has 100 valence electrons. The minimum atomic E-state index is -0.464. The molecule has 0 saturated heterocycles. The van der Waals surface area contributed by atoms with Gasteiger partial charge in [-0.05, 0) is 32.6 Å². The Morgan fingerprint density at radius 3 is 2.72 bits per heavy atom. The lowest BCUT2D eigenvalue weighted by Gasteiger charge is -2.20. The zero-order chi connectivity index (χ0) is 13.7. The second-order valence-corrected chi connectivity index (χ2v) is 4.89. The van der Waals surface area contributed by atoms with E-state index < -0.39 is 4.92 Å². The van der Waals surface area contributed by atoms with Gasteiger partial charge in [-0.1, -0.05) is 17.7 Å². The van der Waals surface area contributed by atoms with Gasteiger partial charge in [0.05, 0.1) is 4.92 Å². The Hall–Kier alpha value is -1.17. The summed E-state index contributed by atoms with van der Waals surface area (Å²) in [6.07, 6.45) is 0. The fraction of sp³-hybridized carbons (Fsp3) is 0.500. The van der Waals surface area contributed by atoms with E-state index in [1.165, 1.54) is 6.07 Å². The highest BCUT2D eigenvalue weighted by Gasteiger charge is 2.12. The van der Waals surface area contributed by atoms with Gasteiger partial charge in [-0.2, -0.15) is 0 Å². The van der Waals surface area contributed by atoms with Crippen LogP contribution in [-0.4, -0.2) is 36.5 Å². The van der Waals surface area contributed by atoms with Crippen LogP contribution in [0.2, 0.25) is 5.02 Å². The molecule has 0 aliphatic carbocycles. The second kappa shape index (κ2) is 6.68. The third-order valence-corrected chi connectivity index (χ3v) is 3.18. The predicted octanol–water partition coefficient (Wildman–Crippen LogP) is 2.29. The summed E-state index contributed by atoms with van der Waals surface area (Å²) in [6, 6.07) is 5.27. The van der Waals surface area contributed by atoms with Crippen molar-refractivity contribution >= 4 is 17.3 Å². The number of benzene rings is 1. The van der Waals surface area contributed by atoms with Crippen LogP contribution in [0.1, 0.15) is 12.5 Å². The van der Waals surface area contributed by atoms with Gasteiger partial charge >= 0.3 is 0 Å². The molecule has 0 bridgehead atoms. The molecule has 1 aromatic rings. The summed E-state index contributed by atoms with van der Waals surface area (Å²) in [6.45, 7) is 3.52. The van der Waals surface area contributed by atoms with Crippen molar-refractivity contribution in [3.05, 3.63) is 38.9 Å². The summed E-state index contributed by atoms with van der Waals surface area (Å²) < 4.78 is 0. The van der Waals surface area contributed by atoms with Crippen molar-refractivity contribution in [2.75, 3.05) is 20.6 Å². The van der Waals surface area contributed by atoms with Crippen molar-refractivity contribution in [3.8, 4) is 0 Å². The van der Waals surface area contributed by atoms with E-state index in [9.17, 15) is 10.1 Å². The first-order chi connectivity index (χ1) is 8.41. The number of halogens is 1. The van der Waals surface area contributed by atoms with Gasteiger partial charge < -0.3 is 10.2 Å². The Bertz CT molecular complexity index is 424. The van der Waals surface area contributed by atoms with Gasteiger partial charge in [0.2, 0.25) is 0 Å². The van der Waals surface area contributed by atoms with E-state index in [4.69, 9.17) is 11.6 Å². The van der Waals surface area contributed by atoms with Gasteiger partial charge in [0.15, 0.2) is 0 Å². The van der Waals surface area contributed by atoms with E-state index in [0.29, 0.717) is 12.6 Å². The van der Waals surface area contributed by atoms with Gasteiger partial charge in [-0.3, -0.25) is 10.1 Å². The summed E-state index contributed by atoms with van der Waals surface area (Å²) in [5.74, 6) is 0. The first kappa shape index (κ1) is 14.9. The zero-order valence-corrected chi connectivity index (χ0v) is 11.6. The van der Waals surface area contributed by atoms with E-state index in [1.54, 1.807) is 12.1 Å². The summed E-state index contributed by atoms with van der Waals surface area (Å²) in [5, 5.41) is 14.2. The Kier molecular flexibility index (Phi) is 5.53. The molecule has 0 aliphatic heterocycles. The summed E-state index contributed by atoms with van der Waals surface area (Å²) in [5.41, 5.74) is 0.814. The molecule has 18 heavy (non-hydrogen) atoms. The van der Waals surface area contributed by atoms with Crippen molar-refractivity contribution < 1.29 is 4.92 Å². The van der Waals surface area contributed by atoms with Gasteiger partial charge in [0.1, 0.15) is 5.02 Å². The Balaban J connectivity index is 2.58. The molecule has 0 saturated carbocycles. The van der Waals surface area contributed by atoms with Crippen LogP contribution in [0.15, 0.2) is 18.2 Å². The van der Waals surface area contributed by atoms with E-state index in [-0.39, 0.29) is 10.7 Å². The number of nitro groups is 1. The number of hydrogen-bond donors (Lipinski definition) is 1. The number of rotatable bonds is 6. The monoisotopic (exact) mass is 271 g/mol. The molecule has 0 radical (unpaired) electrons. The van der Waals surface area contributed by atoms with Crippen LogP contribution in [0.3, 0.4) is 0 Å². The molecule has 1 aromatic carbocycles. The van der Waals surface area contributed by atoms with Crippen LogP contribution in [0.4, 0.5) is 5.69 Å². The van der Waals surface area contributed by atoms with Crippen molar-refractivity contribution in [2.45, 2.75) is 19.5 Å². The Morgan fingerprint density at radius 2 is 2.17 bits per heavy atom. The molecule has 0 aromatic heterocycles. The van der Waals surface area contributed by atoms with Crippen molar-refractivity contribution in [2.24, 2.45) is 0 Å². The number of nitrogens with zero attached hydrogens (tertiary/aromatic N) is 2. The quantitative estimate of drug-likeness (QED) is 0.637. The normalized spacial score (nSPS) is 12.7. The number of likely N-dealkylation sites (N-methyl/N-ethyl adjacent to an activating group) is 1. The minimum Gasteiger partial charge on any atom is -0.311 e. The maximum atomic E-state index is 10.7. The van der Waals surface area contributed by atoms with E-state index in [1.807, 2.05) is 14.1 Å². The molecule has 5 nitrogen and oxygen atoms in total. The molecule has 0 amide bonds. The molecule has 0 aliphatic rings. The highest BCUT2D eigenvalue weighted by molar-refractivity contribution is 6.32. The lowest BCUT2D eigenvalue weighted by atomic mass is 10.2. The van der Waals surface area contributed by atoms with E-state index >= 15 is 0 Å². The molecule has 1 unspecified atom stereocenters. The molecule has 6 heteroatoms. The zero-order valence-electron chi connectivity index (χ0n) is 10.8. The summed E-state index contributed by atoms with van der Waals surface area (Å²) in [4.78, 5) is 12.4. The average Bonchev–Trinajstić information content (AvgIpc) is 2.30. The number of hydrogen-bond acceptors (Lipinski definition) is 4. The largest absolute Gasteiger partial charge is 0.311 e. The lowest BCUT2D eigenvalue weighted by Crippen LogP contribution is -2.35. The van der Waals surface area contributed by atoms with Gasteiger partial charge in [-0.15, -0.1) is 0 Å². The van der Waals surface area contributed by atoms with Crippen molar-refractivity contribution in [1.82, 2.24) is 10.2 Å². The van der Waals surface area contributed by atoms with Gasteiger partial charge in [0.25, 0.3) is 5.69 Å².